The van der Waals surface area contributed by atoms with Crippen LogP contribution >= 0.6 is 0 Å². The van der Waals surface area contributed by atoms with E-state index in [9.17, 15) is 4.79 Å². The molecule has 3 heteroatoms. The van der Waals surface area contributed by atoms with Gasteiger partial charge in [-0.3, -0.25) is 4.79 Å². The van der Waals surface area contributed by atoms with Gasteiger partial charge in [-0.25, -0.2) is 0 Å². The van der Waals surface area contributed by atoms with E-state index in [1.54, 1.807) is 0 Å². The van der Waals surface area contributed by atoms with Crippen molar-refractivity contribution in [3.8, 4) is 0 Å². The van der Waals surface area contributed by atoms with Crippen molar-refractivity contribution < 1.29 is 9.90 Å². The molecule has 0 saturated heterocycles. The summed E-state index contributed by atoms with van der Waals surface area (Å²) in [6, 6.07) is 0. The molecule has 1 aliphatic carbocycles. The third-order valence-corrected chi connectivity index (χ3v) is 2.60. The molecule has 0 aliphatic heterocycles. The zero-order valence-corrected chi connectivity index (χ0v) is 7.79. The van der Waals surface area contributed by atoms with Crippen LogP contribution in [0.25, 0.3) is 0 Å². The van der Waals surface area contributed by atoms with Crippen LogP contribution in [0.5, 0.6) is 0 Å². The molecular weight excluding hydrogens is 154 g/mol. The number of hydrogen-bond acceptors (Lipinski definition) is 2. The van der Waals surface area contributed by atoms with E-state index in [-0.39, 0.29) is 5.92 Å². The van der Waals surface area contributed by atoms with Crippen LogP contribution in [-0.2, 0) is 4.79 Å². The number of aliphatic carboxylic acids is 1. The number of hydrogen-bond donors (Lipinski definition) is 1. The Balaban J connectivity index is 2.42. The van der Waals surface area contributed by atoms with Crippen molar-refractivity contribution in [1.82, 2.24) is 4.90 Å². The lowest BCUT2D eigenvalue weighted by Gasteiger charge is -2.32. The van der Waals surface area contributed by atoms with Gasteiger partial charge in [0.25, 0.3) is 0 Å². The van der Waals surface area contributed by atoms with Gasteiger partial charge >= 0.3 is 5.97 Å². The van der Waals surface area contributed by atoms with Crippen molar-refractivity contribution in [3.63, 3.8) is 0 Å². The van der Waals surface area contributed by atoms with Gasteiger partial charge in [0.15, 0.2) is 0 Å². The summed E-state index contributed by atoms with van der Waals surface area (Å²) in [5.74, 6) is -0.341. The fourth-order valence-corrected chi connectivity index (χ4v) is 1.66. The van der Waals surface area contributed by atoms with Gasteiger partial charge in [-0.05, 0) is 32.9 Å². The number of nitrogens with zero attached hydrogens (tertiary/aromatic N) is 1. The molecule has 0 aromatic carbocycles. The second kappa shape index (κ2) is 3.90. The third kappa shape index (κ3) is 2.21. The Bertz CT molecular complexity index is 164. The summed E-state index contributed by atoms with van der Waals surface area (Å²) in [6.07, 6.45) is 3.41. The molecule has 1 fully saturated rings. The topological polar surface area (TPSA) is 40.5 Å². The average Bonchev–Trinajstić information content (AvgIpc) is 1.80. The molecule has 0 bridgehead atoms. The molecule has 1 N–H and O–H groups in total. The van der Waals surface area contributed by atoms with Crippen LogP contribution in [0.2, 0.25) is 0 Å². The lowest BCUT2D eigenvalue weighted by atomic mass is 9.75. The van der Waals surface area contributed by atoms with Gasteiger partial charge in [0, 0.05) is 6.54 Å². The van der Waals surface area contributed by atoms with Crippen LogP contribution in [0.3, 0.4) is 0 Å². The molecule has 0 aromatic heterocycles. The molecule has 70 valence electrons. The lowest BCUT2D eigenvalue weighted by molar-refractivity contribution is -0.145. The Kier molecular flexibility index (Phi) is 3.09. The zero-order valence-electron chi connectivity index (χ0n) is 7.79. The fraction of sp³-hybridized carbons (Fsp3) is 0.889. The molecular formula is C9H17NO2. The van der Waals surface area contributed by atoms with Crippen LogP contribution in [0.15, 0.2) is 0 Å². The highest BCUT2D eigenvalue weighted by molar-refractivity contribution is 5.70. The predicted octanol–water partition coefficient (Wildman–Crippen LogP) is 1.05. The highest BCUT2D eigenvalue weighted by Crippen LogP contribution is 2.33. The van der Waals surface area contributed by atoms with Gasteiger partial charge in [-0.2, -0.15) is 0 Å². The monoisotopic (exact) mass is 171 g/mol. The number of rotatable bonds is 4. The first-order chi connectivity index (χ1) is 5.61. The van der Waals surface area contributed by atoms with Crippen LogP contribution in [0, 0.1) is 11.8 Å². The number of carboxylic acid groups (broad SMARTS) is 1. The predicted molar refractivity (Wildman–Crippen MR) is 47.0 cm³/mol. The van der Waals surface area contributed by atoms with E-state index in [0.717, 1.165) is 12.8 Å². The van der Waals surface area contributed by atoms with Gasteiger partial charge in [0.05, 0.1) is 5.92 Å². The minimum absolute atomic E-state index is 0.145. The Morgan fingerprint density at radius 1 is 1.58 bits per heavy atom. The molecule has 0 heterocycles. The molecule has 1 atom stereocenters. The smallest absolute Gasteiger partial charge is 0.308 e. The fourth-order valence-electron chi connectivity index (χ4n) is 1.66. The van der Waals surface area contributed by atoms with Gasteiger partial charge in [-0.15, -0.1) is 0 Å². The Hall–Kier alpha value is -0.570. The van der Waals surface area contributed by atoms with Gasteiger partial charge in [0.2, 0.25) is 0 Å². The zero-order chi connectivity index (χ0) is 9.14. The molecule has 0 amide bonds. The summed E-state index contributed by atoms with van der Waals surface area (Å²) in [7, 11) is 3.85. The van der Waals surface area contributed by atoms with Crippen molar-refractivity contribution in [1.29, 1.82) is 0 Å². The number of carbonyl (C=O) groups is 1. The van der Waals surface area contributed by atoms with Crippen molar-refractivity contribution >= 4 is 5.97 Å². The van der Waals surface area contributed by atoms with Gasteiger partial charge in [0.1, 0.15) is 0 Å². The largest absolute Gasteiger partial charge is 0.481 e. The number of carboxylic acids is 1. The molecule has 0 spiro atoms. The van der Waals surface area contributed by atoms with Crippen LogP contribution in [0.4, 0.5) is 0 Å². The van der Waals surface area contributed by atoms with E-state index in [4.69, 9.17) is 5.11 Å². The highest BCUT2D eigenvalue weighted by atomic mass is 16.4. The lowest BCUT2D eigenvalue weighted by Crippen LogP contribution is -2.36. The summed E-state index contributed by atoms with van der Waals surface area (Å²) in [5, 5.41) is 8.93. The maximum absolute atomic E-state index is 10.8. The van der Waals surface area contributed by atoms with Crippen molar-refractivity contribution in [2.24, 2.45) is 11.8 Å². The molecule has 1 saturated carbocycles. The van der Waals surface area contributed by atoms with Crippen LogP contribution < -0.4 is 0 Å². The normalized spacial score (nSPS) is 20.6. The van der Waals surface area contributed by atoms with E-state index in [2.05, 4.69) is 0 Å². The quantitative estimate of drug-likeness (QED) is 0.687. The second-order valence-electron chi connectivity index (χ2n) is 3.90. The van der Waals surface area contributed by atoms with E-state index in [0.29, 0.717) is 12.5 Å². The maximum atomic E-state index is 10.8. The third-order valence-electron chi connectivity index (χ3n) is 2.60. The highest BCUT2D eigenvalue weighted by Gasteiger charge is 2.32. The first-order valence-corrected chi connectivity index (χ1v) is 4.49. The molecule has 0 radical (unpaired) electrons. The van der Waals surface area contributed by atoms with E-state index >= 15 is 0 Å². The Labute approximate surface area is 73.4 Å². The average molecular weight is 171 g/mol. The van der Waals surface area contributed by atoms with E-state index in [1.807, 2.05) is 19.0 Å². The molecule has 12 heavy (non-hydrogen) atoms. The summed E-state index contributed by atoms with van der Waals surface area (Å²) in [5.41, 5.74) is 0. The van der Waals surface area contributed by atoms with Crippen molar-refractivity contribution in [2.45, 2.75) is 19.3 Å². The molecule has 1 unspecified atom stereocenters. The van der Waals surface area contributed by atoms with Crippen LogP contribution in [-0.4, -0.2) is 36.6 Å². The van der Waals surface area contributed by atoms with Crippen LogP contribution in [0.1, 0.15) is 19.3 Å². The minimum atomic E-state index is -0.631. The standard InChI is InChI=1S/C9H17NO2/c1-10(2)6-8(9(11)12)7-4-3-5-7/h7-8H,3-6H2,1-2H3,(H,11,12). The van der Waals surface area contributed by atoms with Crippen molar-refractivity contribution in [3.05, 3.63) is 0 Å². The Morgan fingerprint density at radius 3 is 2.42 bits per heavy atom. The molecule has 0 aromatic rings. The SMILES string of the molecule is CN(C)CC(C(=O)O)C1CCC1. The summed E-state index contributed by atoms with van der Waals surface area (Å²) in [4.78, 5) is 12.8. The van der Waals surface area contributed by atoms with Crippen molar-refractivity contribution in [2.75, 3.05) is 20.6 Å². The molecule has 1 rings (SSSR count). The minimum Gasteiger partial charge on any atom is -0.481 e. The first-order valence-electron chi connectivity index (χ1n) is 4.49. The van der Waals surface area contributed by atoms with E-state index in [1.165, 1.54) is 6.42 Å². The second-order valence-corrected chi connectivity index (χ2v) is 3.90. The Morgan fingerprint density at radius 2 is 2.17 bits per heavy atom. The van der Waals surface area contributed by atoms with Gasteiger partial charge in [-0.1, -0.05) is 6.42 Å². The van der Waals surface area contributed by atoms with Gasteiger partial charge < -0.3 is 10.0 Å². The molecule has 3 nitrogen and oxygen atoms in total. The first kappa shape index (κ1) is 9.52. The van der Waals surface area contributed by atoms with E-state index < -0.39 is 5.97 Å². The summed E-state index contributed by atoms with van der Waals surface area (Å²) >= 11 is 0. The molecule has 1 aliphatic rings. The summed E-state index contributed by atoms with van der Waals surface area (Å²) in [6.45, 7) is 0.681. The maximum Gasteiger partial charge on any atom is 0.308 e. The summed E-state index contributed by atoms with van der Waals surface area (Å²) < 4.78 is 0.